The van der Waals surface area contributed by atoms with Gasteiger partial charge >= 0.3 is 0 Å². The zero-order valence-corrected chi connectivity index (χ0v) is 14.1. The van der Waals surface area contributed by atoms with Crippen LogP contribution in [0.2, 0.25) is 10.0 Å². The topological polar surface area (TPSA) is 66.9 Å². The molecule has 0 spiro atoms. The number of carbonyl (C=O) groups is 1. The highest BCUT2D eigenvalue weighted by Crippen LogP contribution is 2.35. The lowest BCUT2D eigenvalue weighted by Crippen LogP contribution is -2.15. The van der Waals surface area contributed by atoms with Crippen LogP contribution in [-0.2, 0) is 0 Å². The summed E-state index contributed by atoms with van der Waals surface area (Å²) in [5.74, 6) is 0.199. The van der Waals surface area contributed by atoms with E-state index in [-0.39, 0.29) is 10.7 Å². The summed E-state index contributed by atoms with van der Waals surface area (Å²) in [5.41, 5.74) is 0.596. The van der Waals surface area contributed by atoms with E-state index in [4.69, 9.17) is 23.2 Å². The van der Waals surface area contributed by atoms with Crippen LogP contribution in [0.15, 0.2) is 29.0 Å². The molecule has 1 aromatic carbocycles. The second-order valence-electron chi connectivity index (χ2n) is 3.99. The van der Waals surface area contributed by atoms with Crippen LogP contribution in [0.3, 0.4) is 0 Å². The summed E-state index contributed by atoms with van der Waals surface area (Å²) in [6, 6.07) is 3.35. The van der Waals surface area contributed by atoms with Gasteiger partial charge in [-0.25, -0.2) is 9.97 Å². The maximum absolute atomic E-state index is 12.1. The van der Waals surface area contributed by atoms with Crippen molar-refractivity contribution in [2.24, 2.45) is 0 Å². The van der Waals surface area contributed by atoms with Crippen molar-refractivity contribution in [1.82, 2.24) is 9.97 Å². The van der Waals surface area contributed by atoms with E-state index in [2.05, 4.69) is 36.5 Å². The molecule has 0 saturated heterocycles. The lowest BCUT2D eigenvalue weighted by Gasteiger charge is -2.09. The van der Waals surface area contributed by atoms with Gasteiger partial charge in [0.2, 0.25) is 0 Å². The number of benzene rings is 1. The van der Waals surface area contributed by atoms with Crippen molar-refractivity contribution in [3.8, 4) is 0 Å². The Morgan fingerprint density at radius 1 is 1.24 bits per heavy atom. The zero-order chi connectivity index (χ0) is 15.4. The molecule has 2 aromatic rings. The van der Waals surface area contributed by atoms with E-state index in [1.165, 1.54) is 12.4 Å². The largest absolute Gasteiger partial charge is 0.369 e. The third kappa shape index (κ3) is 3.84. The van der Waals surface area contributed by atoms with Gasteiger partial charge < -0.3 is 10.6 Å². The quantitative estimate of drug-likeness (QED) is 0.767. The van der Waals surface area contributed by atoms with Crippen molar-refractivity contribution in [2.75, 3.05) is 17.2 Å². The summed E-state index contributed by atoms with van der Waals surface area (Å²) in [6.07, 6.45) is 2.89. The Morgan fingerprint density at radius 2 is 2.00 bits per heavy atom. The Morgan fingerprint density at radius 3 is 2.62 bits per heavy atom. The number of nitrogens with one attached hydrogen (secondary N) is 2. The van der Waals surface area contributed by atoms with Gasteiger partial charge in [-0.3, -0.25) is 4.79 Å². The number of anilines is 2. The first kappa shape index (κ1) is 16.0. The summed E-state index contributed by atoms with van der Waals surface area (Å²) >= 11 is 15.3. The zero-order valence-electron chi connectivity index (χ0n) is 11.0. The normalized spacial score (nSPS) is 10.3. The molecule has 0 aliphatic heterocycles. The van der Waals surface area contributed by atoms with E-state index in [9.17, 15) is 4.79 Å². The highest BCUT2D eigenvalue weighted by molar-refractivity contribution is 9.10. The van der Waals surface area contributed by atoms with Crippen molar-refractivity contribution in [2.45, 2.75) is 6.92 Å². The molecule has 21 heavy (non-hydrogen) atoms. The average molecular weight is 390 g/mol. The second kappa shape index (κ2) is 7.06. The van der Waals surface area contributed by atoms with E-state index in [1.807, 2.05) is 6.92 Å². The van der Waals surface area contributed by atoms with Crippen molar-refractivity contribution >= 4 is 56.5 Å². The maximum Gasteiger partial charge on any atom is 0.275 e. The molecule has 110 valence electrons. The monoisotopic (exact) mass is 388 g/mol. The lowest BCUT2D eigenvalue weighted by atomic mass is 10.3. The number of hydrogen-bond acceptors (Lipinski definition) is 4. The molecular weight excluding hydrogens is 379 g/mol. The fraction of sp³-hybridized carbons (Fsp3) is 0.154. The molecule has 0 bridgehead atoms. The lowest BCUT2D eigenvalue weighted by molar-refractivity contribution is 0.102. The molecule has 0 aliphatic carbocycles. The van der Waals surface area contributed by atoms with Gasteiger partial charge in [-0.1, -0.05) is 23.2 Å². The molecule has 0 fully saturated rings. The van der Waals surface area contributed by atoms with Crippen LogP contribution in [0.25, 0.3) is 0 Å². The van der Waals surface area contributed by atoms with Crippen LogP contribution in [0, 0.1) is 0 Å². The average Bonchev–Trinajstić information content (AvgIpc) is 2.49. The fourth-order valence-corrected chi connectivity index (χ4v) is 2.35. The molecule has 0 atom stereocenters. The van der Waals surface area contributed by atoms with Crippen LogP contribution in [0.4, 0.5) is 11.5 Å². The Labute approximate surface area is 140 Å². The predicted octanol–water partition coefficient (Wildman–Crippen LogP) is 4.23. The van der Waals surface area contributed by atoms with Gasteiger partial charge in [0.1, 0.15) is 11.5 Å². The van der Waals surface area contributed by atoms with Crippen molar-refractivity contribution in [1.29, 1.82) is 0 Å². The van der Waals surface area contributed by atoms with Gasteiger partial charge in [0.05, 0.1) is 28.1 Å². The summed E-state index contributed by atoms with van der Waals surface area (Å²) < 4.78 is 0.655. The van der Waals surface area contributed by atoms with Gasteiger partial charge in [-0.15, -0.1) is 0 Å². The van der Waals surface area contributed by atoms with E-state index in [1.54, 1.807) is 12.1 Å². The van der Waals surface area contributed by atoms with Crippen LogP contribution in [0.5, 0.6) is 0 Å². The summed E-state index contributed by atoms with van der Waals surface area (Å²) in [4.78, 5) is 20.2. The number of rotatable bonds is 4. The molecule has 1 aromatic heterocycles. The predicted molar refractivity (Wildman–Crippen MR) is 88.3 cm³/mol. The minimum absolute atomic E-state index is 0.187. The van der Waals surface area contributed by atoms with Crippen molar-refractivity contribution in [3.63, 3.8) is 0 Å². The molecule has 8 heteroatoms. The van der Waals surface area contributed by atoms with E-state index in [0.29, 0.717) is 21.0 Å². The van der Waals surface area contributed by atoms with Crippen LogP contribution in [-0.4, -0.2) is 22.4 Å². The number of hydrogen-bond donors (Lipinski definition) is 2. The fourth-order valence-electron chi connectivity index (χ4n) is 1.53. The minimum Gasteiger partial charge on any atom is -0.369 e. The Bertz CT molecular complexity index is 664. The van der Waals surface area contributed by atoms with Gasteiger partial charge in [-0.2, -0.15) is 0 Å². The molecule has 2 N–H and O–H groups in total. The van der Waals surface area contributed by atoms with Crippen LogP contribution in [0.1, 0.15) is 17.4 Å². The smallest absolute Gasteiger partial charge is 0.275 e. The first-order valence-electron chi connectivity index (χ1n) is 6.03. The molecule has 0 radical (unpaired) electrons. The second-order valence-corrected chi connectivity index (χ2v) is 5.60. The minimum atomic E-state index is -0.411. The molecule has 0 aliphatic rings. The number of amides is 1. The van der Waals surface area contributed by atoms with Gasteiger partial charge in [0.25, 0.3) is 5.91 Å². The SMILES string of the molecule is CCNc1cnc(C(=O)Nc2ccc(Br)c(Cl)c2Cl)cn1. The summed E-state index contributed by atoms with van der Waals surface area (Å²) in [7, 11) is 0. The van der Waals surface area contributed by atoms with Crippen molar-refractivity contribution < 1.29 is 4.79 Å². The third-order valence-electron chi connectivity index (χ3n) is 2.53. The number of halogens is 3. The van der Waals surface area contributed by atoms with E-state index in [0.717, 1.165) is 6.54 Å². The summed E-state index contributed by atoms with van der Waals surface area (Å²) in [6.45, 7) is 2.68. The van der Waals surface area contributed by atoms with Gasteiger partial charge in [0.15, 0.2) is 0 Å². The molecular formula is C13H11BrCl2N4O. The van der Waals surface area contributed by atoms with E-state index < -0.39 is 5.91 Å². The number of nitrogens with zero attached hydrogens (tertiary/aromatic N) is 2. The highest BCUT2D eigenvalue weighted by atomic mass is 79.9. The molecule has 1 heterocycles. The molecule has 1 amide bonds. The van der Waals surface area contributed by atoms with E-state index >= 15 is 0 Å². The Balaban J connectivity index is 2.16. The molecule has 0 saturated carbocycles. The molecule has 5 nitrogen and oxygen atoms in total. The van der Waals surface area contributed by atoms with Crippen molar-refractivity contribution in [3.05, 3.63) is 44.7 Å². The molecule has 0 unspecified atom stereocenters. The summed E-state index contributed by atoms with van der Waals surface area (Å²) in [5, 5.41) is 6.24. The van der Waals surface area contributed by atoms with Gasteiger partial charge in [-0.05, 0) is 35.0 Å². The number of aromatic nitrogens is 2. The maximum atomic E-state index is 12.1. The van der Waals surface area contributed by atoms with Crippen LogP contribution >= 0.6 is 39.1 Å². The highest BCUT2D eigenvalue weighted by Gasteiger charge is 2.13. The molecule has 2 rings (SSSR count). The van der Waals surface area contributed by atoms with Crippen LogP contribution < -0.4 is 10.6 Å². The van der Waals surface area contributed by atoms with Gasteiger partial charge in [0, 0.05) is 11.0 Å². The first-order chi connectivity index (χ1) is 10.0. The Hall–Kier alpha value is -1.37. The Kier molecular flexibility index (Phi) is 5.39. The standard InChI is InChI=1S/C13H11BrCl2N4O/c1-2-17-10-6-18-9(5-19-10)13(21)20-8-4-3-7(14)11(15)12(8)16/h3-6H,2H2,1H3,(H,17,19)(H,20,21). The number of carbonyl (C=O) groups excluding carboxylic acids is 1. The third-order valence-corrected chi connectivity index (χ3v) is 4.30. The first-order valence-corrected chi connectivity index (χ1v) is 7.58.